The van der Waals surface area contributed by atoms with E-state index in [0.29, 0.717) is 0 Å². The van der Waals surface area contributed by atoms with Crippen LogP contribution in [0.15, 0.2) is 11.5 Å². The van der Waals surface area contributed by atoms with E-state index in [2.05, 4.69) is 0 Å². The zero-order valence-corrected chi connectivity index (χ0v) is 21.1. The van der Waals surface area contributed by atoms with Crippen molar-refractivity contribution < 1.29 is 19.8 Å². The zero-order valence-electron chi connectivity index (χ0n) is 21.1. The first-order valence-corrected chi connectivity index (χ1v) is 14.4. The number of aliphatic hydroxyl groups excluding tert-OH is 2. The average molecular weight is 475 g/mol. The summed E-state index contributed by atoms with van der Waals surface area (Å²) < 4.78 is 0. The van der Waals surface area contributed by atoms with Crippen LogP contribution in [0.2, 0.25) is 0 Å². The molecule has 0 atom stereocenters. The molecule has 6 nitrogen and oxygen atoms in total. The largest absolute Gasteiger partial charge is 0.500 e. The maximum atomic E-state index is 13.7. The summed E-state index contributed by atoms with van der Waals surface area (Å²) >= 11 is 0. The van der Waals surface area contributed by atoms with Gasteiger partial charge in [0.05, 0.1) is 0 Å². The lowest BCUT2D eigenvalue weighted by atomic mass is 9.88. The van der Waals surface area contributed by atoms with E-state index in [0.717, 1.165) is 103 Å². The highest BCUT2D eigenvalue weighted by molar-refractivity contribution is 6.02. The number of carbonyl (C=O) groups excluding carboxylic acids is 2. The first-order chi connectivity index (χ1) is 16.6. The second-order valence-electron chi connectivity index (χ2n) is 11.3. The number of amides is 2. The Morgan fingerprint density at radius 1 is 0.412 bits per heavy atom. The SMILES string of the molecule is O=C(/C(O)=C(\O)C(=O)N(C1CCCCC1)C1CCCCC1)N(C1CCCCC1)C1CCCCC1. The van der Waals surface area contributed by atoms with E-state index in [1.807, 2.05) is 9.80 Å². The van der Waals surface area contributed by atoms with Crippen molar-refractivity contribution in [2.24, 2.45) is 0 Å². The molecule has 0 spiro atoms. The predicted molar refractivity (Wildman–Crippen MR) is 133 cm³/mol. The maximum Gasteiger partial charge on any atom is 0.293 e. The molecule has 2 amide bonds. The first kappa shape index (κ1) is 25.4. The van der Waals surface area contributed by atoms with Crippen molar-refractivity contribution in [2.75, 3.05) is 0 Å². The number of nitrogens with zero attached hydrogens (tertiary/aromatic N) is 2. The van der Waals surface area contributed by atoms with Crippen molar-refractivity contribution in [1.82, 2.24) is 9.80 Å². The lowest BCUT2D eigenvalue weighted by Crippen LogP contribution is -2.51. The Morgan fingerprint density at radius 3 is 0.824 bits per heavy atom. The van der Waals surface area contributed by atoms with Crippen LogP contribution in [-0.4, -0.2) is 56.0 Å². The smallest absolute Gasteiger partial charge is 0.293 e. The molecule has 0 aromatic rings. The fourth-order valence-corrected chi connectivity index (χ4v) is 7.14. The van der Waals surface area contributed by atoms with Crippen molar-refractivity contribution in [3.8, 4) is 0 Å². The molecule has 0 unspecified atom stereocenters. The quantitative estimate of drug-likeness (QED) is 0.349. The summed E-state index contributed by atoms with van der Waals surface area (Å²) in [5.74, 6) is -2.51. The molecule has 0 heterocycles. The van der Waals surface area contributed by atoms with Gasteiger partial charge in [0.15, 0.2) is 0 Å². The van der Waals surface area contributed by atoms with Crippen LogP contribution in [0.5, 0.6) is 0 Å². The maximum absolute atomic E-state index is 13.7. The highest BCUT2D eigenvalue weighted by Gasteiger charge is 2.39. The van der Waals surface area contributed by atoms with Gasteiger partial charge in [-0.15, -0.1) is 0 Å². The number of hydrogen-bond donors (Lipinski definition) is 2. The van der Waals surface area contributed by atoms with E-state index < -0.39 is 23.3 Å². The molecule has 0 aromatic heterocycles. The topological polar surface area (TPSA) is 81.1 Å². The average Bonchev–Trinajstić information content (AvgIpc) is 2.90. The number of carbonyl (C=O) groups is 2. The third-order valence-corrected chi connectivity index (χ3v) is 8.97. The predicted octanol–water partition coefficient (Wildman–Crippen LogP) is 6.30. The molecule has 4 rings (SSSR count). The highest BCUT2D eigenvalue weighted by atomic mass is 16.3. The van der Waals surface area contributed by atoms with Crippen LogP contribution in [0.4, 0.5) is 0 Å². The van der Waals surface area contributed by atoms with Gasteiger partial charge in [0.25, 0.3) is 11.8 Å². The molecule has 4 fully saturated rings. The molecule has 192 valence electrons. The van der Waals surface area contributed by atoms with Crippen molar-refractivity contribution >= 4 is 11.8 Å². The Morgan fingerprint density at radius 2 is 0.618 bits per heavy atom. The molecule has 0 bridgehead atoms. The van der Waals surface area contributed by atoms with Crippen LogP contribution in [0.1, 0.15) is 128 Å². The van der Waals surface area contributed by atoms with E-state index in [9.17, 15) is 19.8 Å². The summed E-state index contributed by atoms with van der Waals surface area (Å²) in [6.45, 7) is 0. The minimum absolute atomic E-state index is 0.0993. The van der Waals surface area contributed by atoms with Crippen LogP contribution in [0.25, 0.3) is 0 Å². The van der Waals surface area contributed by atoms with Crippen molar-refractivity contribution in [3.63, 3.8) is 0 Å². The minimum atomic E-state index is -0.724. The van der Waals surface area contributed by atoms with Crippen molar-refractivity contribution in [2.45, 2.75) is 153 Å². The lowest BCUT2D eigenvalue weighted by molar-refractivity contribution is -0.141. The standard InChI is InChI=1S/C28H46N2O4/c31-25(27(33)29(21-13-5-1-6-14-21)22-15-7-2-8-16-22)26(32)28(34)30(23-17-9-3-10-18-23)24-19-11-4-12-20-24/h21-24,31-32H,1-20H2/b26-25+. The molecule has 2 N–H and O–H groups in total. The second-order valence-corrected chi connectivity index (χ2v) is 11.3. The second kappa shape index (κ2) is 12.3. The third kappa shape index (κ3) is 5.91. The normalized spacial score (nSPS) is 24.9. The van der Waals surface area contributed by atoms with Crippen molar-refractivity contribution in [1.29, 1.82) is 0 Å². The summed E-state index contributed by atoms with van der Waals surface area (Å²) in [7, 11) is 0. The molecule has 0 aliphatic heterocycles. The fourth-order valence-electron chi connectivity index (χ4n) is 7.14. The Balaban J connectivity index is 1.58. The van der Waals surface area contributed by atoms with E-state index in [4.69, 9.17) is 0 Å². The summed E-state index contributed by atoms with van der Waals surface area (Å²) in [6.07, 6.45) is 21.0. The Hall–Kier alpha value is -1.72. The summed E-state index contributed by atoms with van der Waals surface area (Å²) in [6, 6.07) is 0.397. The van der Waals surface area contributed by atoms with Crippen LogP contribution in [0, 0.1) is 0 Å². The Kier molecular flexibility index (Phi) is 9.18. The van der Waals surface area contributed by atoms with Crippen LogP contribution < -0.4 is 0 Å². The molecular formula is C28H46N2O4. The molecule has 0 aromatic carbocycles. The van der Waals surface area contributed by atoms with E-state index >= 15 is 0 Å². The van der Waals surface area contributed by atoms with Gasteiger partial charge in [-0.2, -0.15) is 0 Å². The molecule has 0 radical (unpaired) electrons. The number of rotatable bonds is 6. The Labute approximate surface area is 205 Å². The van der Waals surface area contributed by atoms with Gasteiger partial charge in [0.2, 0.25) is 11.5 Å². The molecule has 34 heavy (non-hydrogen) atoms. The number of aliphatic hydroxyl groups is 2. The van der Waals surface area contributed by atoms with E-state index in [1.165, 1.54) is 25.7 Å². The Bertz CT molecular complexity index is 616. The van der Waals surface area contributed by atoms with Gasteiger partial charge in [0.1, 0.15) is 0 Å². The molecular weight excluding hydrogens is 428 g/mol. The van der Waals surface area contributed by atoms with Gasteiger partial charge < -0.3 is 20.0 Å². The van der Waals surface area contributed by atoms with Crippen LogP contribution >= 0.6 is 0 Å². The zero-order chi connectivity index (χ0) is 23.9. The molecule has 4 saturated carbocycles. The van der Waals surface area contributed by atoms with Gasteiger partial charge >= 0.3 is 0 Å². The van der Waals surface area contributed by atoms with Gasteiger partial charge in [-0.05, 0) is 51.4 Å². The monoisotopic (exact) mass is 474 g/mol. The van der Waals surface area contributed by atoms with Crippen LogP contribution in [0.3, 0.4) is 0 Å². The van der Waals surface area contributed by atoms with Gasteiger partial charge in [-0.25, -0.2) is 0 Å². The highest BCUT2D eigenvalue weighted by Crippen LogP contribution is 2.33. The summed E-state index contributed by atoms with van der Waals surface area (Å²) in [4.78, 5) is 31.0. The van der Waals surface area contributed by atoms with Gasteiger partial charge in [-0.3, -0.25) is 9.59 Å². The molecule has 4 aliphatic rings. The van der Waals surface area contributed by atoms with Gasteiger partial charge in [0, 0.05) is 24.2 Å². The van der Waals surface area contributed by atoms with Crippen molar-refractivity contribution in [3.05, 3.63) is 11.5 Å². The van der Waals surface area contributed by atoms with E-state index in [1.54, 1.807) is 0 Å². The molecule has 0 saturated heterocycles. The minimum Gasteiger partial charge on any atom is -0.500 e. The molecule has 4 aliphatic carbocycles. The van der Waals surface area contributed by atoms with Gasteiger partial charge in [-0.1, -0.05) is 77.0 Å². The van der Waals surface area contributed by atoms with E-state index in [-0.39, 0.29) is 24.2 Å². The molecule has 6 heteroatoms. The third-order valence-electron chi connectivity index (χ3n) is 8.97. The van der Waals surface area contributed by atoms with Crippen LogP contribution in [-0.2, 0) is 9.59 Å². The lowest BCUT2D eigenvalue weighted by Gasteiger charge is -2.42. The summed E-state index contributed by atoms with van der Waals surface area (Å²) in [5.41, 5.74) is 0. The first-order valence-electron chi connectivity index (χ1n) is 14.4. The fraction of sp³-hybridized carbons (Fsp3) is 0.857. The number of hydrogen-bond acceptors (Lipinski definition) is 4. The summed E-state index contributed by atoms with van der Waals surface area (Å²) in [5, 5.41) is 22.0.